The fourth-order valence-electron chi connectivity index (χ4n) is 5.37. The molecule has 4 rings (SSSR count). The molecule has 0 unspecified atom stereocenters. The topological polar surface area (TPSA) is 49.9 Å². The van der Waals surface area contributed by atoms with Crippen molar-refractivity contribution in [1.29, 1.82) is 0 Å². The van der Waals surface area contributed by atoms with Crippen LogP contribution in [0.2, 0.25) is 5.02 Å². The second-order valence-electron chi connectivity index (χ2n) is 11.9. The molecule has 2 aliphatic heterocycles. The van der Waals surface area contributed by atoms with Crippen LogP contribution in [-0.2, 0) is 10.2 Å². The summed E-state index contributed by atoms with van der Waals surface area (Å²) in [7, 11) is 0. The van der Waals surface area contributed by atoms with Gasteiger partial charge in [0, 0.05) is 48.6 Å². The molecule has 0 atom stereocenters. The number of hydrogen-bond donors (Lipinski definition) is 0. The van der Waals surface area contributed by atoms with Crippen molar-refractivity contribution in [2.75, 3.05) is 32.8 Å². The molecule has 37 heavy (non-hydrogen) atoms. The first-order valence-electron chi connectivity index (χ1n) is 13.6. The van der Waals surface area contributed by atoms with Crippen molar-refractivity contribution in [3.05, 3.63) is 64.2 Å². The van der Waals surface area contributed by atoms with Gasteiger partial charge in [-0.3, -0.25) is 9.59 Å². The molecule has 5 nitrogen and oxygen atoms in total. The number of carbonyl (C=O) groups is 2. The normalized spacial score (nSPS) is 18.0. The molecule has 0 radical (unpaired) electrons. The first-order chi connectivity index (χ1) is 17.6. The van der Waals surface area contributed by atoms with E-state index in [2.05, 4.69) is 32.9 Å². The third-order valence-electron chi connectivity index (χ3n) is 8.02. The van der Waals surface area contributed by atoms with Crippen molar-refractivity contribution in [2.24, 2.45) is 5.41 Å². The quantitative estimate of drug-likeness (QED) is 0.425. The molecular weight excluding hydrogens is 484 g/mol. The summed E-state index contributed by atoms with van der Waals surface area (Å²) in [5, 5.41) is 0.713. The third kappa shape index (κ3) is 6.87. The van der Waals surface area contributed by atoms with E-state index in [9.17, 15) is 9.59 Å². The molecule has 2 aromatic rings. The van der Waals surface area contributed by atoms with Crippen molar-refractivity contribution in [3.63, 3.8) is 0 Å². The van der Waals surface area contributed by atoms with Crippen LogP contribution < -0.4 is 4.74 Å². The minimum absolute atomic E-state index is 0.0514. The zero-order valence-electron chi connectivity index (χ0n) is 22.8. The number of carbonyl (C=O) groups excluding carboxylic acids is 2. The Labute approximate surface area is 227 Å². The average Bonchev–Trinajstić information content (AvgIpc) is 2.89. The summed E-state index contributed by atoms with van der Waals surface area (Å²) in [6.45, 7) is 11.9. The van der Waals surface area contributed by atoms with Crippen LogP contribution in [-0.4, -0.2) is 54.4 Å². The van der Waals surface area contributed by atoms with Gasteiger partial charge in [-0.15, -0.1) is 0 Å². The van der Waals surface area contributed by atoms with Crippen LogP contribution in [0.1, 0.15) is 80.8 Å². The lowest BCUT2D eigenvalue weighted by Gasteiger charge is -2.42. The van der Waals surface area contributed by atoms with Gasteiger partial charge >= 0.3 is 0 Å². The van der Waals surface area contributed by atoms with E-state index in [0.29, 0.717) is 31.1 Å². The Balaban J connectivity index is 1.45. The monoisotopic (exact) mass is 524 g/mol. The van der Waals surface area contributed by atoms with E-state index in [4.69, 9.17) is 16.3 Å². The molecule has 2 heterocycles. The Hall–Kier alpha value is -2.53. The number of nitrogens with zero attached hydrogens (tertiary/aromatic N) is 2. The molecule has 6 heteroatoms. The smallest absolute Gasteiger partial charge is 0.253 e. The van der Waals surface area contributed by atoms with Crippen LogP contribution in [0.5, 0.6) is 5.75 Å². The van der Waals surface area contributed by atoms with E-state index >= 15 is 0 Å². The Morgan fingerprint density at radius 1 is 0.919 bits per heavy atom. The van der Waals surface area contributed by atoms with E-state index < -0.39 is 0 Å². The molecule has 2 fully saturated rings. The van der Waals surface area contributed by atoms with Gasteiger partial charge in [0.25, 0.3) is 5.91 Å². The van der Waals surface area contributed by atoms with Crippen molar-refractivity contribution < 1.29 is 14.3 Å². The first-order valence-corrected chi connectivity index (χ1v) is 14.0. The maximum Gasteiger partial charge on any atom is 0.253 e. The Morgan fingerprint density at radius 2 is 1.57 bits per heavy atom. The fourth-order valence-corrected chi connectivity index (χ4v) is 5.49. The van der Waals surface area contributed by atoms with Gasteiger partial charge in [0.05, 0.1) is 6.61 Å². The molecule has 0 aliphatic carbocycles. The van der Waals surface area contributed by atoms with Crippen LogP contribution in [0.4, 0.5) is 0 Å². The predicted octanol–water partition coefficient (Wildman–Crippen LogP) is 6.65. The maximum atomic E-state index is 13.3. The molecule has 2 aliphatic rings. The number of aryl methyl sites for hydroxylation is 1. The highest BCUT2D eigenvalue weighted by molar-refractivity contribution is 6.31. The molecule has 0 bridgehead atoms. The lowest BCUT2D eigenvalue weighted by atomic mass is 9.75. The molecule has 200 valence electrons. The molecule has 2 aromatic carbocycles. The number of likely N-dealkylation sites (tertiary alicyclic amines) is 2. The predicted molar refractivity (Wildman–Crippen MR) is 149 cm³/mol. The molecule has 2 saturated heterocycles. The molecule has 0 N–H and O–H groups in total. The maximum absolute atomic E-state index is 13.3. The summed E-state index contributed by atoms with van der Waals surface area (Å²) in [5.74, 6) is 1.04. The number of ether oxygens (including phenoxy) is 1. The van der Waals surface area contributed by atoms with Gasteiger partial charge in [-0.05, 0) is 85.9 Å². The van der Waals surface area contributed by atoms with Crippen LogP contribution in [0.25, 0.3) is 0 Å². The summed E-state index contributed by atoms with van der Waals surface area (Å²) in [6.07, 6.45) is 5.30. The molecular formula is C31H41ClN2O3. The van der Waals surface area contributed by atoms with Crippen molar-refractivity contribution in [2.45, 2.75) is 71.6 Å². The summed E-state index contributed by atoms with van der Waals surface area (Å²) in [4.78, 5) is 30.6. The molecule has 0 saturated carbocycles. The van der Waals surface area contributed by atoms with Gasteiger partial charge in [0.2, 0.25) is 5.91 Å². The van der Waals surface area contributed by atoms with Gasteiger partial charge in [0.1, 0.15) is 5.75 Å². The Morgan fingerprint density at radius 3 is 2.16 bits per heavy atom. The van der Waals surface area contributed by atoms with Crippen LogP contribution in [0.15, 0.2) is 42.5 Å². The van der Waals surface area contributed by atoms with Crippen molar-refractivity contribution >= 4 is 23.4 Å². The second-order valence-corrected chi connectivity index (χ2v) is 12.3. The van der Waals surface area contributed by atoms with Crippen molar-refractivity contribution in [1.82, 2.24) is 9.80 Å². The second kappa shape index (κ2) is 11.5. The molecule has 0 aromatic heterocycles. The summed E-state index contributed by atoms with van der Waals surface area (Å²) in [5.41, 5.74) is 2.66. The Bertz CT molecular complexity index is 1090. The van der Waals surface area contributed by atoms with E-state index in [1.165, 1.54) is 12.0 Å². The van der Waals surface area contributed by atoms with E-state index in [-0.39, 0.29) is 22.6 Å². The summed E-state index contributed by atoms with van der Waals surface area (Å²) < 4.78 is 6.27. The number of amides is 2. The van der Waals surface area contributed by atoms with Crippen LogP contribution >= 0.6 is 11.6 Å². The lowest BCUT2D eigenvalue weighted by molar-refractivity contribution is -0.136. The number of hydrogen-bond acceptors (Lipinski definition) is 3. The molecule has 0 spiro atoms. The zero-order chi connectivity index (χ0) is 26.6. The standard InChI is InChI=1S/C31H41ClN2O3/c1-23-20-26(12-13-27(23)32)37-22-31(21-28(35)33-16-6-5-7-17-33)14-18-34(19-15-31)29(36)24-8-10-25(11-9-24)30(2,3)4/h8-13,20H,5-7,14-19,21-22H2,1-4H3. The third-order valence-corrected chi connectivity index (χ3v) is 8.44. The lowest BCUT2D eigenvalue weighted by Crippen LogP contribution is -2.48. The summed E-state index contributed by atoms with van der Waals surface area (Å²) >= 11 is 6.20. The highest BCUT2D eigenvalue weighted by Gasteiger charge is 2.40. The number of piperidine rings is 2. The van der Waals surface area contributed by atoms with E-state index in [0.717, 1.165) is 55.6 Å². The van der Waals surface area contributed by atoms with Gasteiger partial charge in [0.15, 0.2) is 0 Å². The summed E-state index contributed by atoms with van der Waals surface area (Å²) in [6, 6.07) is 13.7. The SMILES string of the molecule is Cc1cc(OCC2(CC(=O)N3CCCCC3)CCN(C(=O)c3ccc(C(C)(C)C)cc3)CC2)ccc1Cl. The number of halogens is 1. The Kier molecular flexibility index (Phi) is 8.52. The minimum Gasteiger partial charge on any atom is -0.493 e. The van der Waals surface area contributed by atoms with Gasteiger partial charge in [-0.2, -0.15) is 0 Å². The average molecular weight is 525 g/mol. The minimum atomic E-state index is -0.297. The molecule has 2 amide bonds. The van der Waals surface area contributed by atoms with Crippen LogP contribution in [0, 0.1) is 12.3 Å². The van der Waals surface area contributed by atoms with Crippen LogP contribution in [0.3, 0.4) is 0 Å². The highest BCUT2D eigenvalue weighted by Crippen LogP contribution is 2.38. The zero-order valence-corrected chi connectivity index (χ0v) is 23.6. The highest BCUT2D eigenvalue weighted by atomic mass is 35.5. The van der Waals surface area contributed by atoms with E-state index in [1.54, 1.807) is 0 Å². The van der Waals surface area contributed by atoms with E-state index in [1.807, 2.05) is 47.1 Å². The fraction of sp³-hybridized carbons (Fsp3) is 0.548. The number of rotatable bonds is 6. The van der Waals surface area contributed by atoms with Gasteiger partial charge in [-0.25, -0.2) is 0 Å². The number of benzene rings is 2. The van der Waals surface area contributed by atoms with Gasteiger partial charge < -0.3 is 14.5 Å². The van der Waals surface area contributed by atoms with Gasteiger partial charge in [-0.1, -0.05) is 44.5 Å². The van der Waals surface area contributed by atoms with Crippen molar-refractivity contribution in [3.8, 4) is 5.75 Å². The first kappa shape index (κ1) is 27.5. The largest absolute Gasteiger partial charge is 0.493 e.